The van der Waals surface area contributed by atoms with Crippen LogP contribution in [0.5, 0.6) is 5.75 Å². The summed E-state index contributed by atoms with van der Waals surface area (Å²) in [4.78, 5) is 20.2. The van der Waals surface area contributed by atoms with Gasteiger partial charge in [-0.05, 0) is 57.1 Å². The molecule has 3 rings (SSSR count). The number of hydrogen-bond acceptors (Lipinski definition) is 5. The molecule has 2 aromatic rings. The number of benzene rings is 1. The van der Waals surface area contributed by atoms with Gasteiger partial charge in [-0.2, -0.15) is 0 Å². The summed E-state index contributed by atoms with van der Waals surface area (Å²) in [5, 5.41) is 3.97. The smallest absolute Gasteiger partial charge is 0.267 e. The van der Waals surface area contributed by atoms with Crippen LogP contribution < -0.4 is 10.1 Å². The third-order valence-corrected chi connectivity index (χ3v) is 5.45. The predicted molar refractivity (Wildman–Crippen MR) is 97.2 cm³/mol. The first-order valence-corrected chi connectivity index (χ1v) is 9.11. The van der Waals surface area contributed by atoms with E-state index < -0.39 is 0 Å². The fourth-order valence-corrected chi connectivity index (χ4v) is 3.84. The van der Waals surface area contributed by atoms with Gasteiger partial charge < -0.3 is 15.0 Å². The zero-order valence-corrected chi connectivity index (χ0v) is 15.0. The number of rotatable bonds is 6. The van der Waals surface area contributed by atoms with Crippen molar-refractivity contribution < 1.29 is 9.53 Å². The Labute approximate surface area is 146 Å². The van der Waals surface area contributed by atoms with Crippen molar-refractivity contribution in [2.45, 2.75) is 26.2 Å². The van der Waals surface area contributed by atoms with E-state index >= 15 is 0 Å². The minimum Gasteiger partial charge on any atom is -0.497 e. The van der Waals surface area contributed by atoms with Gasteiger partial charge in [0.2, 0.25) is 0 Å². The lowest BCUT2D eigenvalue weighted by Crippen LogP contribution is -2.21. The number of carbonyl (C=O) groups excluding carboxylic acids is 1. The molecule has 5 nitrogen and oxygen atoms in total. The van der Waals surface area contributed by atoms with Crippen molar-refractivity contribution in [1.29, 1.82) is 0 Å². The van der Waals surface area contributed by atoms with Crippen molar-refractivity contribution in [3.63, 3.8) is 0 Å². The van der Waals surface area contributed by atoms with Gasteiger partial charge in [-0.15, -0.1) is 11.3 Å². The molecule has 0 aliphatic carbocycles. The molecule has 1 aliphatic heterocycles. The molecule has 0 unspecified atom stereocenters. The number of anilines is 1. The van der Waals surface area contributed by atoms with Crippen LogP contribution in [0.25, 0.3) is 0 Å². The molecule has 0 atom stereocenters. The average Bonchev–Trinajstić information content (AvgIpc) is 3.23. The molecule has 0 saturated carbocycles. The fraction of sp³-hybridized carbons (Fsp3) is 0.444. The van der Waals surface area contributed by atoms with Crippen LogP contribution in [0.15, 0.2) is 24.3 Å². The number of ether oxygens (including phenoxy) is 1. The number of thiazole rings is 1. The minimum absolute atomic E-state index is 0.0948. The van der Waals surface area contributed by atoms with Gasteiger partial charge >= 0.3 is 0 Å². The quantitative estimate of drug-likeness (QED) is 0.872. The van der Waals surface area contributed by atoms with Gasteiger partial charge in [0.25, 0.3) is 5.91 Å². The summed E-state index contributed by atoms with van der Waals surface area (Å²) in [5.74, 6) is 0.675. The van der Waals surface area contributed by atoms with E-state index in [1.165, 1.54) is 37.3 Å². The molecule has 0 bridgehead atoms. The maximum absolute atomic E-state index is 12.5. The predicted octanol–water partition coefficient (Wildman–Crippen LogP) is 3.35. The van der Waals surface area contributed by atoms with E-state index in [0.29, 0.717) is 4.88 Å². The summed E-state index contributed by atoms with van der Waals surface area (Å²) in [6.07, 6.45) is 3.51. The number of carbonyl (C=O) groups is 1. The number of hydrogen-bond donors (Lipinski definition) is 1. The second-order valence-corrected chi connectivity index (χ2v) is 7.09. The second kappa shape index (κ2) is 7.77. The van der Waals surface area contributed by atoms with Crippen LogP contribution in [0.1, 0.15) is 33.2 Å². The van der Waals surface area contributed by atoms with Gasteiger partial charge in [-0.3, -0.25) is 4.79 Å². The highest BCUT2D eigenvalue weighted by atomic mass is 32.1. The molecular formula is C18H23N3O2S. The molecule has 1 aromatic carbocycles. The van der Waals surface area contributed by atoms with E-state index in [-0.39, 0.29) is 5.91 Å². The number of amides is 1. The van der Waals surface area contributed by atoms with Crippen LogP contribution in [0.2, 0.25) is 0 Å². The van der Waals surface area contributed by atoms with Crippen LogP contribution in [0, 0.1) is 6.92 Å². The van der Waals surface area contributed by atoms with Crippen molar-refractivity contribution in [3.05, 3.63) is 39.8 Å². The van der Waals surface area contributed by atoms with E-state index in [9.17, 15) is 4.79 Å². The molecule has 1 aromatic heterocycles. The molecule has 2 heterocycles. The molecule has 0 radical (unpaired) electrons. The first kappa shape index (κ1) is 16.9. The zero-order chi connectivity index (χ0) is 16.9. The summed E-state index contributed by atoms with van der Waals surface area (Å²) in [6, 6.07) is 7.33. The monoisotopic (exact) mass is 345 g/mol. The third-order valence-electron chi connectivity index (χ3n) is 4.24. The molecule has 1 fully saturated rings. The number of methoxy groups -OCH3 is 1. The second-order valence-electron chi connectivity index (χ2n) is 6.00. The van der Waals surface area contributed by atoms with E-state index in [4.69, 9.17) is 4.74 Å². The maximum Gasteiger partial charge on any atom is 0.267 e. The Kier molecular flexibility index (Phi) is 5.48. The number of nitrogens with one attached hydrogen (secondary N) is 1. The van der Waals surface area contributed by atoms with E-state index in [0.717, 1.165) is 35.1 Å². The largest absolute Gasteiger partial charge is 0.497 e. The highest BCUT2D eigenvalue weighted by Gasteiger charge is 2.17. The first-order chi connectivity index (χ1) is 11.7. The third kappa shape index (κ3) is 4.13. The van der Waals surface area contributed by atoms with Crippen LogP contribution in [-0.2, 0) is 6.42 Å². The van der Waals surface area contributed by atoms with Gasteiger partial charge in [-0.25, -0.2) is 4.98 Å². The zero-order valence-electron chi connectivity index (χ0n) is 14.2. The maximum atomic E-state index is 12.5. The number of nitrogens with zero attached hydrogens (tertiary/aromatic N) is 2. The lowest BCUT2D eigenvalue weighted by Gasteiger charge is -2.12. The van der Waals surface area contributed by atoms with E-state index in [1.807, 2.05) is 31.2 Å². The molecular weight excluding hydrogens is 322 g/mol. The SMILES string of the molecule is COc1ccc(NC(=O)c2sc(CCN3CCCC3)nc2C)cc1. The Balaban J connectivity index is 1.61. The summed E-state index contributed by atoms with van der Waals surface area (Å²) in [7, 11) is 1.62. The lowest BCUT2D eigenvalue weighted by atomic mass is 10.3. The highest BCUT2D eigenvalue weighted by molar-refractivity contribution is 7.13. The van der Waals surface area contributed by atoms with Crippen LogP contribution >= 0.6 is 11.3 Å². The topological polar surface area (TPSA) is 54.5 Å². The molecule has 1 amide bonds. The molecule has 128 valence electrons. The Hall–Kier alpha value is -1.92. The fourth-order valence-electron chi connectivity index (χ4n) is 2.89. The molecule has 6 heteroatoms. The Morgan fingerprint density at radius 2 is 2.00 bits per heavy atom. The van der Waals surface area contributed by atoms with Crippen LogP contribution in [0.4, 0.5) is 5.69 Å². The van der Waals surface area contributed by atoms with Crippen LogP contribution in [-0.4, -0.2) is 42.5 Å². The number of likely N-dealkylation sites (tertiary alicyclic amines) is 1. The minimum atomic E-state index is -0.0948. The van der Waals surface area contributed by atoms with Gasteiger partial charge in [0.1, 0.15) is 10.6 Å². The molecule has 1 saturated heterocycles. The van der Waals surface area contributed by atoms with Gasteiger partial charge in [-0.1, -0.05) is 0 Å². The summed E-state index contributed by atoms with van der Waals surface area (Å²) in [6.45, 7) is 5.32. The van der Waals surface area contributed by atoms with Crippen LogP contribution in [0.3, 0.4) is 0 Å². The Morgan fingerprint density at radius 3 is 2.67 bits per heavy atom. The van der Waals surface area contributed by atoms with Gasteiger partial charge in [0.15, 0.2) is 0 Å². The van der Waals surface area contributed by atoms with Crippen molar-refractivity contribution >= 4 is 22.9 Å². The van der Waals surface area contributed by atoms with Crippen molar-refractivity contribution in [1.82, 2.24) is 9.88 Å². The molecule has 1 aliphatic rings. The molecule has 0 spiro atoms. The first-order valence-electron chi connectivity index (χ1n) is 8.30. The molecule has 24 heavy (non-hydrogen) atoms. The molecule has 1 N–H and O–H groups in total. The summed E-state index contributed by atoms with van der Waals surface area (Å²) in [5.41, 5.74) is 1.56. The summed E-state index contributed by atoms with van der Waals surface area (Å²) < 4.78 is 5.13. The van der Waals surface area contributed by atoms with E-state index in [2.05, 4.69) is 15.2 Å². The normalized spacial score (nSPS) is 14.8. The highest BCUT2D eigenvalue weighted by Crippen LogP contribution is 2.22. The number of aromatic nitrogens is 1. The van der Waals surface area contributed by atoms with Crippen molar-refractivity contribution in [2.24, 2.45) is 0 Å². The average molecular weight is 345 g/mol. The van der Waals surface area contributed by atoms with E-state index in [1.54, 1.807) is 7.11 Å². The Morgan fingerprint density at radius 1 is 1.29 bits per heavy atom. The van der Waals surface area contributed by atoms with Crippen molar-refractivity contribution in [3.8, 4) is 5.75 Å². The lowest BCUT2D eigenvalue weighted by molar-refractivity contribution is 0.103. The Bertz CT molecular complexity index is 691. The van der Waals surface area contributed by atoms with Gasteiger partial charge in [0, 0.05) is 18.7 Å². The van der Waals surface area contributed by atoms with Crippen molar-refractivity contribution in [2.75, 3.05) is 32.1 Å². The standard InChI is InChI=1S/C18H23N3O2S/c1-13-17(18(22)20-14-5-7-15(23-2)8-6-14)24-16(19-13)9-12-21-10-3-4-11-21/h5-8H,3-4,9-12H2,1-2H3,(H,20,22). The summed E-state index contributed by atoms with van der Waals surface area (Å²) >= 11 is 1.50. The van der Waals surface area contributed by atoms with Gasteiger partial charge in [0.05, 0.1) is 17.8 Å². The number of aryl methyl sites for hydroxylation is 1.